The molecule has 5 nitrogen and oxygen atoms in total. The zero-order valence-corrected chi connectivity index (χ0v) is 15.2. The third kappa shape index (κ3) is 3.71. The lowest BCUT2D eigenvalue weighted by atomic mass is 10.1. The molecule has 2 amide bonds. The number of nitrogens with two attached hydrogens (primary N) is 1. The molecule has 3 rings (SSSR count). The minimum Gasteiger partial charge on any atom is -0.332 e. The van der Waals surface area contributed by atoms with Gasteiger partial charge in [-0.1, -0.05) is 42.5 Å². The summed E-state index contributed by atoms with van der Waals surface area (Å²) in [6.45, 7) is 0.364. The van der Waals surface area contributed by atoms with Crippen LogP contribution in [0.1, 0.15) is 18.0 Å². The van der Waals surface area contributed by atoms with Gasteiger partial charge >= 0.3 is 0 Å². The first-order chi connectivity index (χ1) is 12.0. The lowest BCUT2D eigenvalue weighted by molar-refractivity contribution is -0.137. The van der Waals surface area contributed by atoms with Crippen LogP contribution in [0.2, 0.25) is 0 Å². The van der Waals surface area contributed by atoms with Crippen LogP contribution in [0.25, 0.3) is 0 Å². The van der Waals surface area contributed by atoms with Crippen LogP contribution in [0.3, 0.4) is 0 Å². The molecule has 26 heavy (non-hydrogen) atoms. The number of para-hydroxylation sites is 1. The predicted octanol–water partition coefficient (Wildman–Crippen LogP) is 2.51. The average Bonchev–Trinajstić information content (AvgIpc) is 3.02. The molecule has 1 aliphatic rings. The van der Waals surface area contributed by atoms with E-state index in [1.807, 2.05) is 18.2 Å². The van der Waals surface area contributed by atoms with Gasteiger partial charge in [-0.3, -0.25) is 9.59 Å². The van der Waals surface area contributed by atoms with Crippen molar-refractivity contribution in [3.63, 3.8) is 0 Å². The van der Waals surface area contributed by atoms with Crippen molar-refractivity contribution in [1.82, 2.24) is 4.90 Å². The standard InChI is InChI=1S/C19H20FN3O2.ClH/c1-22(19(25)17(21)13-7-3-2-4-8-13)16-11-12-23(18(16)24)15-10-6-5-9-14(15)20;/h2-10,16-17H,11-12,21H2,1H3;1H. The number of amides is 2. The molecule has 2 atom stereocenters. The van der Waals surface area contributed by atoms with Crippen molar-refractivity contribution < 1.29 is 14.0 Å². The minimum atomic E-state index is -0.832. The summed E-state index contributed by atoms with van der Waals surface area (Å²) < 4.78 is 14.0. The molecule has 2 unspecified atom stereocenters. The molecule has 2 aromatic carbocycles. The van der Waals surface area contributed by atoms with Crippen molar-refractivity contribution in [3.05, 3.63) is 66.0 Å². The first-order valence-electron chi connectivity index (χ1n) is 8.14. The van der Waals surface area contributed by atoms with E-state index in [0.717, 1.165) is 0 Å². The van der Waals surface area contributed by atoms with Crippen LogP contribution in [-0.2, 0) is 9.59 Å². The van der Waals surface area contributed by atoms with Gasteiger partial charge in [0.25, 0.3) is 0 Å². The number of benzene rings is 2. The maximum absolute atomic E-state index is 14.0. The van der Waals surface area contributed by atoms with Crippen molar-refractivity contribution >= 4 is 29.9 Å². The van der Waals surface area contributed by atoms with Gasteiger partial charge in [-0.15, -0.1) is 12.4 Å². The summed E-state index contributed by atoms with van der Waals surface area (Å²) >= 11 is 0. The van der Waals surface area contributed by atoms with E-state index in [0.29, 0.717) is 18.5 Å². The van der Waals surface area contributed by atoms with E-state index in [1.54, 1.807) is 37.4 Å². The molecule has 1 saturated heterocycles. The second-order valence-corrected chi connectivity index (χ2v) is 6.08. The minimum absolute atomic E-state index is 0. The number of anilines is 1. The Bertz CT molecular complexity index is 787. The number of carbonyl (C=O) groups excluding carboxylic acids is 2. The molecule has 0 radical (unpaired) electrons. The number of hydrogen-bond donors (Lipinski definition) is 1. The summed E-state index contributed by atoms with van der Waals surface area (Å²) in [6.07, 6.45) is 0.441. The first kappa shape index (κ1) is 19.9. The number of halogens is 2. The van der Waals surface area contributed by atoms with Gasteiger partial charge in [-0.05, 0) is 24.1 Å². The van der Waals surface area contributed by atoms with Crippen LogP contribution >= 0.6 is 12.4 Å². The highest BCUT2D eigenvalue weighted by molar-refractivity contribution is 6.01. The Kier molecular flexibility index (Phi) is 6.34. The molecule has 0 spiro atoms. The number of rotatable bonds is 4. The Morgan fingerprint density at radius 2 is 1.81 bits per heavy atom. The fraction of sp³-hybridized carbons (Fsp3) is 0.263. The molecule has 0 saturated carbocycles. The second-order valence-electron chi connectivity index (χ2n) is 6.08. The molecular weight excluding hydrogens is 357 g/mol. The Balaban J connectivity index is 0.00000243. The Morgan fingerprint density at radius 3 is 2.46 bits per heavy atom. The van der Waals surface area contributed by atoms with Crippen molar-refractivity contribution in [2.24, 2.45) is 5.73 Å². The van der Waals surface area contributed by atoms with Crippen molar-refractivity contribution in [2.75, 3.05) is 18.5 Å². The molecule has 1 aliphatic heterocycles. The van der Waals surface area contributed by atoms with Crippen LogP contribution in [-0.4, -0.2) is 36.3 Å². The quantitative estimate of drug-likeness (QED) is 0.890. The average molecular weight is 378 g/mol. The third-order valence-electron chi connectivity index (χ3n) is 4.56. The molecular formula is C19H21ClFN3O2. The normalized spacial score (nSPS) is 17.6. The largest absolute Gasteiger partial charge is 0.332 e. The van der Waals surface area contributed by atoms with Crippen LogP contribution in [0.4, 0.5) is 10.1 Å². The Hall–Kier alpha value is -2.44. The van der Waals surface area contributed by atoms with Gasteiger partial charge in [0.2, 0.25) is 11.8 Å². The zero-order chi connectivity index (χ0) is 18.0. The molecule has 1 fully saturated rings. The van der Waals surface area contributed by atoms with Gasteiger partial charge in [-0.2, -0.15) is 0 Å². The van der Waals surface area contributed by atoms with E-state index in [2.05, 4.69) is 0 Å². The second kappa shape index (κ2) is 8.29. The summed E-state index contributed by atoms with van der Waals surface area (Å²) in [5, 5.41) is 0. The number of hydrogen-bond acceptors (Lipinski definition) is 3. The topological polar surface area (TPSA) is 66.6 Å². The van der Waals surface area contributed by atoms with Gasteiger partial charge in [0.15, 0.2) is 0 Å². The smallest absolute Gasteiger partial charge is 0.249 e. The highest BCUT2D eigenvalue weighted by atomic mass is 35.5. The van der Waals surface area contributed by atoms with E-state index in [9.17, 15) is 14.0 Å². The number of nitrogens with zero attached hydrogens (tertiary/aromatic N) is 2. The molecule has 0 bridgehead atoms. The van der Waals surface area contributed by atoms with Crippen molar-refractivity contribution in [3.8, 4) is 0 Å². The molecule has 0 aliphatic carbocycles. The maximum atomic E-state index is 14.0. The summed E-state index contributed by atoms with van der Waals surface area (Å²) in [5.41, 5.74) is 6.98. The van der Waals surface area contributed by atoms with Crippen LogP contribution in [0.5, 0.6) is 0 Å². The van der Waals surface area contributed by atoms with Crippen LogP contribution in [0.15, 0.2) is 54.6 Å². The summed E-state index contributed by atoms with van der Waals surface area (Å²) in [4.78, 5) is 28.1. The SMILES string of the molecule is CN(C(=O)C(N)c1ccccc1)C1CCN(c2ccccc2F)C1=O.Cl. The van der Waals surface area contributed by atoms with E-state index in [1.165, 1.54) is 15.9 Å². The van der Waals surface area contributed by atoms with Crippen LogP contribution in [0, 0.1) is 5.82 Å². The molecule has 0 aromatic heterocycles. The maximum Gasteiger partial charge on any atom is 0.249 e. The molecule has 7 heteroatoms. The Morgan fingerprint density at radius 1 is 1.19 bits per heavy atom. The van der Waals surface area contributed by atoms with Gasteiger partial charge in [0.05, 0.1) is 5.69 Å². The fourth-order valence-corrected chi connectivity index (χ4v) is 3.11. The van der Waals surface area contributed by atoms with E-state index < -0.39 is 17.9 Å². The third-order valence-corrected chi connectivity index (χ3v) is 4.56. The lowest BCUT2D eigenvalue weighted by Gasteiger charge is -2.26. The van der Waals surface area contributed by atoms with E-state index in [4.69, 9.17) is 5.73 Å². The monoisotopic (exact) mass is 377 g/mol. The van der Waals surface area contributed by atoms with Crippen molar-refractivity contribution in [2.45, 2.75) is 18.5 Å². The number of likely N-dealkylation sites (N-methyl/N-ethyl adjacent to an activating group) is 1. The molecule has 138 valence electrons. The molecule has 2 aromatic rings. The predicted molar refractivity (Wildman–Crippen MR) is 101 cm³/mol. The van der Waals surface area contributed by atoms with Gasteiger partial charge in [0.1, 0.15) is 17.9 Å². The lowest BCUT2D eigenvalue weighted by Crippen LogP contribution is -2.46. The van der Waals surface area contributed by atoms with Gasteiger partial charge in [0, 0.05) is 13.6 Å². The summed E-state index contributed by atoms with van der Waals surface area (Å²) in [7, 11) is 1.57. The highest BCUT2D eigenvalue weighted by Gasteiger charge is 2.39. The molecule has 1 heterocycles. The van der Waals surface area contributed by atoms with Crippen molar-refractivity contribution in [1.29, 1.82) is 0 Å². The molecule has 2 N–H and O–H groups in total. The Labute approximate surface area is 158 Å². The summed E-state index contributed by atoms with van der Waals surface area (Å²) in [6, 6.07) is 13.7. The zero-order valence-electron chi connectivity index (χ0n) is 14.3. The van der Waals surface area contributed by atoms with Gasteiger partial charge < -0.3 is 15.5 Å². The van der Waals surface area contributed by atoms with E-state index >= 15 is 0 Å². The van der Waals surface area contributed by atoms with Gasteiger partial charge in [-0.25, -0.2) is 4.39 Å². The fourth-order valence-electron chi connectivity index (χ4n) is 3.11. The van der Waals surface area contributed by atoms with E-state index in [-0.39, 0.29) is 29.9 Å². The number of carbonyl (C=O) groups is 2. The van der Waals surface area contributed by atoms with Crippen LogP contribution < -0.4 is 10.6 Å². The highest BCUT2D eigenvalue weighted by Crippen LogP contribution is 2.27. The first-order valence-corrected chi connectivity index (χ1v) is 8.14. The summed E-state index contributed by atoms with van der Waals surface area (Å²) in [5.74, 6) is -1.08.